The number of hydrogen-bond donors (Lipinski definition) is 2. The van der Waals surface area contributed by atoms with E-state index in [1.165, 1.54) is 0 Å². The van der Waals surface area contributed by atoms with Crippen LogP contribution in [0.15, 0.2) is 30.6 Å². The molecule has 0 saturated carbocycles. The summed E-state index contributed by atoms with van der Waals surface area (Å²) in [7, 11) is 3.81. The number of pyridine rings is 1. The molecule has 20 heavy (non-hydrogen) atoms. The van der Waals surface area contributed by atoms with Crippen molar-refractivity contribution in [3.63, 3.8) is 0 Å². The van der Waals surface area contributed by atoms with E-state index >= 15 is 0 Å². The van der Waals surface area contributed by atoms with Gasteiger partial charge in [0.05, 0.1) is 6.61 Å². The summed E-state index contributed by atoms with van der Waals surface area (Å²) in [6, 6.07) is 5.88. The molecule has 0 aliphatic carbocycles. The molecule has 1 aromatic carbocycles. The Bertz CT molecular complexity index is 559. The Hall–Kier alpha value is -1.85. The predicted molar refractivity (Wildman–Crippen MR) is 84.0 cm³/mol. The number of nitrogens with one attached hydrogen (secondary N) is 1. The summed E-state index contributed by atoms with van der Waals surface area (Å²) in [5, 5.41) is 5.55. The fraction of sp³-hybridized carbons (Fsp3) is 0.400. The number of hydrogen-bond acceptors (Lipinski definition) is 5. The molecule has 0 saturated heterocycles. The predicted octanol–water partition coefficient (Wildman–Crippen LogP) is 1.81. The summed E-state index contributed by atoms with van der Waals surface area (Å²) in [5.74, 6) is 0. The molecular weight excluding hydrogens is 252 g/mol. The Labute approximate surface area is 119 Å². The number of aromatic nitrogens is 1. The van der Waals surface area contributed by atoms with E-state index in [4.69, 9.17) is 10.5 Å². The average molecular weight is 274 g/mol. The number of methoxy groups -OCH3 is 1. The number of likely N-dealkylation sites (N-methyl/N-ethyl adjacent to an activating group) is 1. The lowest BCUT2D eigenvalue weighted by Crippen LogP contribution is -2.28. The number of benzene rings is 1. The van der Waals surface area contributed by atoms with E-state index < -0.39 is 0 Å². The highest BCUT2D eigenvalue weighted by Crippen LogP contribution is 2.27. The molecule has 0 bridgehead atoms. The van der Waals surface area contributed by atoms with Gasteiger partial charge in [0.2, 0.25) is 0 Å². The third-order valence-electron chi connectivity index (χ3n) is 3.34. The molecule has 1 aromatic heterocycles. The lowest BCUT2D eigenvalue weighted by molar-refractivity contribution is 0.163. The van der Waals surface area contributed by atoms with E-state index in [9.17, 15) is 0 Å². The van der Waals surface area contributed by atoms with E-state index in [1.807, 2.05) is 24.4 Å². The van der Waals surface area contributed by atoms with Crippen LogP contribution in [0, 0.1) is 0 Å². The zero-order valence-electron chi connectivity index (χ0n) is 12.1. The molecule has 5 nitrogen and oxygen atoms in total. The second-order valence-electron chi connectivity index (χ2n) is 4.85. The minimum atomic E-state index is 0.755. The third kappa shape index (κ3) is 3.59. The van der Waals surface area contributed by atoms with Gasteiger partial charge in [-0.3, -0.25) is 4.98 Å². The van der Waals surface area contributed by atoms with Crippen molar-refractivity contribution in [3.8, 4) is 0 Å². The Kier molecular flexibility index (Phi) is 5.15. The van der Waals surface area contributed by atoms with Crippen LogP contribution in [-0.4, -0.2) is 50.3 Å². The smallest absolute Gasteiger partial charge is 0.0589 e. The first kappa shape index (κ1) is 14.6. The van der Waals surface area contributed by atoms with Gasteiger partial charge in [-0.1, -0.05) is 0 Å². The number of nitrogens with two attached hydrogens (primary N) is 1. The van der Waals surface area contributed by atoms with Crippen molar-refractivity contribution in [2.75, 3.05) is 51.4 Å². The van der Waals surface area contributed by atoms with Crippen LogP contribution in [0.5, 0.6) is 0 Å². The molecule has 0 amide bonds. The van der Waals surface area contributed by atoms with Gasteiger partial charge in [0.15, 0.2) is 0 Å². The third-order valence-corrected chi connectivity index (χ3v) is 3.34. The molecule has 2 rings (SSSR count). The van der Waals surface area contributed by atoms with Gasteiger partial charge in [0.25, 0.3) is 0 Å². The molecule has 0 aliphatic rings. The van der Waals surface area contributed by atoms with Crippen LogP contribution in [0.3, 0.4) is 0 Å². The standard InChI is InChI=1S/C15H22N4O/c1-19(9-10-20-2)8-7-18-15-4-3-14(16)12-5-6-17-11-13(12)15/h3-6,11,18H,7-10,16H2,1-2H3. The number of anilines is 2. The van der Waals surface area contributed by atoms with Crippen molar-refractivity contribution < 1.29 is 4.74 Å². The van der Waals surface area contributed by atoms with Crippen molar-refractivity contribution in [3.05, 3.63) is 30.6 Å². The minimum absolute atomic E-state index is 0.755. The van der Waals surface area contributed by atoms with Crippen LogP contribution in [-0.2, 0) is 4.74 Å². The van der Waals surface area contributed by atoms with Gasteiger partial charge in [-0.2, -0.15) is 0 Å². The second-order valence-corrected chi connectivity index (χ2v) is 4.85. The summed E-state index contributed by atoms with van der Waals surface area (Å²) < 4.78 is 5.06. The van der Waals surface area contributed by atoms with Crippen molar-refractivity contribution in [1.29, 1.82) is 0 Å². The molecule has 0 spiro atoms. The zero-order valence-corrected chi connectivity index (χ0v) is 12.1. The molecule has 0 radical (unpaired) electrons. The lowest BCUT2D eigenvalue weighted by atomic mass is 10.1. The van der Waals surface area contributed by atoms with Gasteiger partial charge in [-0.25, -0.2) is 0 Å². The maximum absolute atomic E-state index is 5.98. The lowest BCUT2D eigenvalue weighted by Gasteiger charge is -2.17. The van der Waals surface area contributed by atoms with Crippen molar-refractivity contribution in [2.45, 2.75) is 0 Å². The van der Waals surface area contributed by atoms with E-state index in [1.54, 1.807) is 13.3 Å². The molecular formula is C15H22N4O. The van der Waals surface area contributed by atoms with Crippen LogP contribution < -0.4 is 11.1 Å². The Morgan fingerprint density at radius 2 is 2.10 bits per heavy atom. The average Bonchev–Trinajstić information content (AvgIpc) is 2.48. The summed E-state index contributed by atoms with van der Waals surface area (Å²) in [5.41, 5.74) is 7.83. The largest absolute Gasteiger partial charge is 0.398 e. The monoisotopic (exact) mass is 274 g/mol. The second kappa shape index (κ2) is 7.07. The number of rotatable bonds is 7. The van der Waals surface area contributed by atoms with Gasteiger partial charge in [0.1, 0.15) is 0 Å². The van der Waals surface area contributed by atoms with Gasteiger partial charge in [-0.15, -0.1) is 0 Å². The molecule has 0 fully saturated rings. The zero-order chi connectivity index (χ0) is 14.4. The fourth-order valence-electron chi connectivity index (χ4n) is 2.11. The normalized spacial score (nSPS) is 11.2. The van der Waals surface area contributed by atoms with Gasteiger partial charge < -0.3 is 20.7 Å². The van der Waals surface area contributed by atoms with Gasteiger partial charge in [-0.05, 0) is 25.2 Å². The highest BCUT2D eigenvalue weighted by atomic mass is 16.5. The topological polar surface area (TPSA) is 63.4 Å². The first-order chi connectivity index (χ1) is 9.72. The first-order valence-electron chi connectivity index (χ1n) is 6.76. The number of ether oxygens (including phenoxy) is 1. The van der Waals surface area contributed by atoms with E-state index in [0.717, 1.165) is 48.4 Å². The molecule has 3 N–H and O–H groups in total. The Morgan fingerprint density at radius 1 is 1.25 bits per heavy atom. The number of fused-ring (bicyclic) bond motifs is 1. The van der Waals surface area contributed by atoms with E-state index in [2.05, 4.69) is 22.2 Å². The Morgan fingerprint density at radius 3 is 2.90 bits per heavy atom. The van der Waals surface area contributed by atoms with E-state index in [-0.39, 0.29) is 0 Å². The van der Waals surface area contributed by atoms with Crippen LogP contribution in [0.2, 0.25) is 0 Å². The highest BCUT2D eigenvalue weighted by Gasteiger charge is 2.04. The quantitative estimate of drug-likeness (QED) is 0.754. The number of nitrogens with zero attached hydrogens (tertiary/aromatic N) is 2. The maximum Gasteiger partial charge on any atom is 0.0589 e. The molecule has 0 aliphatic heterocycles. The summed E-state index contributed by atoms with van der Waals surface area (Å²) in [6.07, 6.45) is 3.61. The van der Waals surface area contributed by atoms with Crippen molar-refractivity contribution in [1.82, 2.24) is 9.88 Å². The maximum atomic E-state index is 5.98. The summed E-state index contributed by atoms with van der Waals surface area (Å²) in [4.78, 5) is 6.41. The summed E-state index contributed by atoms with van der Waals surface area (Å²) in [6.45, 7) is 3.51. The molecule has 0 atom stereocenters. The van der Waals surface area contributed by atoms with Crippen molar-refractivity contribution >= 4 is 22.1 Å². The van der Waals surface area contributed by atoms with Crippen molar-refractivity contribution in [2.24, 2.45) is 0 Å². The molecule has 5 heteroatoms. The minimum Gasteiger partial charge on any atom is -0.398 e. The van der Waals surface area contributed by atoms with Crippen LogP contribution in [0.1, 0.15) is 0 Å². The van der Waals surface area contributed by atoms with Crippen LogP contribution >= 0.6 is 0 Å². The molecule has 0 unspecified atom stereocenters. The molecule has 108 valence electrons. The SMILES string of the molecule is COCCN(C)CCNc1ccc(N)c2ccncc12. The van der Waals surface area contributed by atoms with E-state index in [0.29, 0.717) is 0 Å². The highest BCUT2D eigenvalue weighted by molar-refractivity contribution is 6.00. The fourth-order valence-corrected chi connectivity index (χ4v) is 2.11. The van der Waals surface area contributed by atoms with Gasteiger partial charge in [0, 0.05) is 61.3 Å². The van der Waals surface area contributed by atoms with Crippen LogP contribution in [0.4, 0.5) is 11.4 Å². The first-order valence-corrected chi connectivity index (χ1v) is 6.76. The molecule has 2 aromatic rings. The number of nitrogen functional groups attached to an aromatic ring is 1. The summed E-state index contributed by atoms with van der Waals surface area (Å²) >= 11 is 0. The van der Waals surface area contributed by atoms with Crippen LogP contribution in [0.25, 0.3) is 10.8 Å². The molecule has 1 heterocycles. The Balaban J connectivity index is 1.98. The van der Waals surface area contributed by atoms with Gasteiger partial charge >= 0.3 is 0 Å².